The van der Waals surface area contributed by atoms with Crippen molar-refractivity contribution in [1.82, 2.24) is 9.97 Å². The Labute approximate surface area is 136 Å². The molecule has 7 heteroatoms. The fourth-order valence-electron chi connectivity index (χ4n) is 1.87. The van der Waals surface area contributed by atoms with Gasteiger partial charge in [-0.3, -0.25) is 0 Å². The molecule has 20 heavy (non-hydrogen) atoms. The Morgan fingerprint density at radius 2 is 2.00 bits per heavy atom. The van der Waals surface area contributed by atoms with Crippen LogP contribution < -0.4 is 10.5 Å². The number of fused-ring (bicyclic) bond motifs is 1. The summed E-state index contributed by atoms with van der Waals surface area (Å²) in [7, 11) is 1.62. The predicted octanol–water partition coefficient (Wildman–Crippen LogP) is 4.47. The number of benzene rings is 1. The first kappa shape index (κ1) is 13.8. The summed E-state index contributed by atoms with van der Waals surface area (Å²) in [6.45, 7) is 0. The van der Waals surface area contributed by atoms with Crippen LogP contribution >= 0.6 is 43.2 Å². The summed E-state index contributed by atoms with van der Waals surface area (Å²) >= 11 is 8.54. The first-order chi connectivity index (χ1) is 9.58. The number of halogens is 2. The van der Waals surface area contributed by atoms with E-state index in [1.807, 2.05) is 24.3 Å². The van der Waals surface area contributed by atoms with E-state index in [1.165, 1.54) is 0 Å². The number of nitrogens with zero attached hydrogens (tertiary/aromatic N) is 2. The molecule has 3 rings (SSSR count). The highest BCUT2D eigenvalue weighted by Gasteiger charge is 2.13. The molecule has 0 aliphatic carbocycles. The molecule has 0 radical (unpaired) electrons. The van der Waals surface area contributed by atoms with Gasteiger partial charge in [0, 0.05) is 10.9 Å². The summed E-state index contributed by atoms with van der Waals surface area (Å²) in [5, 5.41) is 0.790. The number of methoxy groups -OCH3 is 1. The van der Waals surface area contributed by atoms with E-state index in [9.17, 15) is 0 Å². The Hall–Kier alpha value is -1.18. The molecule has 0 aliphatic heterocycles. The van der Waals surface area contributed by atoms with Gasteiger partial charge in [0.25, 0.3) is 0 Å². The zero-order chi connectivity index (χ0) is 14.3. The van der Waals surface area contributed by atoms with Crippen LogP contribution in [0.2, 0.25) is 0 Å². The lowest BCUT2D eigenvalue weighted by atomic mass is 10.2. The fourth-order valence-corrected chi connectivity index (χ4v) is 4.66. The minimum atomic E-state index is 0.443. The molecule has 2 N–H and O–H groups in total. The van der Waals surface area contributed by atoms with Gasteiger partial charge in [0.1, 0.15) is 11.6 Å². The number of nitrogens with two attached hydrogens (primary N) is 1. The summed E-state index contributed by atoms with van der Waals surface area (Å²) in [5.74, 6) is 1.78. The van der Waals surface area contributed by atoms with Crippen molar-refractivity contribution in [3.8, 4) is 17.1 Å². The molecule has 4 nitrogen and oxygen atoms in total. The van der Waals surface area contributed by atoms with Crippen molar-refractivity contribution in [3.05, 3.63) is 31.8 Å². The normalized spacial score (nSPS) is 10.9. The summed E-state index contributed by atoms with van der Waals surface area (Å²) in [5.41, 5.74) is 7.76. The van der Waals surface area contributed by atoms with E-state index in [0.29, 0.717) is 11.6 Å². The molecule has 0 atom stereocenters. The van der Waals surface area contributed by atoms with Crippen molar-refractivity contribution in [2.75, 3.05) is 12.8 Å². The predicted molar refractivity (Wildman–Crippen MR) is 89.2 cm³/mol. The topological polar surface area (TPSA) is 61.0 Å². The first-order valence-electron chi connectivity index (χ1n) is 5.65. The van der Waals surface area contributed by atoms with E-state index in [-0.39, 0.29) is 0 Å². The minimum absolute atomic E-state index is 0.443. The maximum Gasteiger partial charge on any atom is 0.164 e. The lowest BCUT2D eigenvalue weighted by Gasteiger charge is -2.06. The minimum Gasteiger partial charge on any atom is -0.497 e. The number of nitrogen functional groups attached to an aromatic ring is 1. The molecule has 2 aromatic heterocycles. The molecule has 0 spiro atoms. The quantitative estimate of drug-likeness (QED) is 0.671. The van der Waals surface area contributed by atoms with Gasteiger partial charge < -0.3 is 10.5 Å². The fraction of sp³-hybridized carbons (Fsp3) is 0.0769. The van der Waals surface area contributed by atoms with Crippen LogP contribution in [-0.2, 0) is 0 Å². The molecule has 0 amide bonds. The van der Waals surface area contributed by atoms with Crippen molar-refractivity contribution >= 4 is 59.9 Å². The lowest BCUT2D eigenvalue weighted by molar-refractivity contribution is 0.415. The first-order valence-corrected chi connectivity index (χ1v) is 8.05. The van der Waals surface area contributed by atoms with E-state index < -0.39 is 0 Å². The van der Waals surface area contributed by atoms with E-state index in [4.69, 9.17) is 10.5 Å². The zero-order valence-electron chi connectivity index (χ0n) is 10.4. The molecule has 0 saturated heterocycles. The van der Waals surface area contributed by atoms with Crippen molar-refractivity contribution in [2.24, 2.45) is 0 Å². The molecule has 102 valence electrons. The van der Waals surface area contributed by atoms with Crippen molar-refractivity contribution in [1.29, 1.82) is 0 Å². The molecule has 0 unspecified atom stereocenters. The van der Waals surface area contributed by atoms with Crippen LogP contribution in [0.25, 0.3) is 22.3 Å². The molecule has 0 fully saturated rings. The van der Waals surface area contributed by atoms with Crippen LogP contribution in [-0.4, -0.2) is 17.1 Å². The molecule has 0 aliphatic rings. The lowest BCUT2D eigenvalue weighted by Crippen LogP contribution is -1.98. The SMILES string of the molecule is COc1ccc2nc(-c3cc(Br)sc3Br)nc(N)c2c1. The Bertz CT molecular complexity index is 804. The van der Waals surface area contributed by atoms with E-state index in [2.05, 4.69) is 41.8 Å². The molecule has 3 aromatic rings. The van der Waals surface area contributed by atoms with Crippen LogP contribution in [0.5, 0.6) is 5.75 Å². The van der Waals surface area contributed by atoms with Crippen LogP contribution in [0.4, 0.5) is 5.82 Å². The second-order valence-electron chi connectivity index (χ2n) is 4.05. The third-order valence-electron chi connectivity index (χ3n) is 2.83. The standard InChI is InChI=1S/C13H9Br2N3OS/c1-19-6-2-3-9-7(4-6)12(16)18-13(17-9)8-5-10(14)20-11(8)15/h2-5H,1H3,(H2,16,17,18). The second-order valence-corrected chi connectivity index (χ2v) is 7.80. The monoisotopic (exact) mass is 413 g/mol. The maximum atomic E-state index is 6.04. The van der Waals surface area contributed by atoms with E-state index in [0.717, 1.165) is 29.8 Å². The van der Waals surface area contributed by atoms with Crippen LogP contribution in [0, 0.1) is 0 Å². The van der Waals surface area contributed by atoms with Gasteiger partial charge in [-0.15, -0.1) is 11.3 Å². The molecule has 0 bridgehead atoms. The number of rotatable bonds is 2. The molecule has 0 saturated carbocycles. The Morgan fingerprint density at radius 3 is 2.65 bits per heavy atom. The molecule has 2 heterocycles. The third kappa shape index (κ3) is 2.41. The largest absolute Gasteiger partial charge is 0.497 e. The number of hydrogen-bond donors (Lipinski definition) is 1. The van der Waals surface area contributed by atoms with Gasteiger partial charge in [-0.2, -0.15) is 0 Å². The summed E-state index contributed by atoms with van der Waals surface area (Å²) in [6, 6.07) is 7.55. The Balaban J connectivity index is 2.22. The smallest absolute Gasteiger partial charge is 0.164 e. The van der Waals surface area contributed by atoms with Gasteiger partial charge in [0.15, 0.2) is 5.82 Å². The van der Waals surface area contributed by atoms with Gasteiger partial charge in [0.2, 0.25) is 0 Å². The van der Waals surface area contributed by atoms with Crippen LogP contribution in [0.15, 0.2) is 31.8 Å². The highest BCUT2D eigenvalue weighted by molar-refractivity contribution is 9.12. The Morgan fingerprint density at radius 1 is 1.20 bits per heavy atom. The Kier molecular flexibility index (Phi) is 3.66. The number of ether oxygens (including phenoxy) is 1. The highest BCUT2D eigenvalue weighted by Crippen LogP contribution is 2.38. The zero-order valence-corrected chi connectivity index (χ0v) is 14.3. The van der Waals surface area contributed by atoms with Gasteiger partial charge in [0.05, 0.1) is 20.2 Å². The van der Waals surface area contributed by atoms with Crippen molar-refractivity contribution in [3.63, 3.8) is 0 Å². The number of hydrogen-bond acceptors (Lipinski definition) is 5. The molecular formula is C13H9Br2N3OS. The van der Waals surface area contributed by atoms with Gasteiger partial charge in [-0.25, -0.2) is 9.97 Å². The number of aromatic nitrogens is 2. The van der Waals surface area contributed by atoms with Crippen LogP contribution in [0.1, 0.15) is 0 Å². The molecular weight excluding hydrogens is 406 g/mol. The molecule has 1 aromatic carbocycles. The van der Waals surface area contributed by atoms with Crippen LogP contribution in [0.3, 0.4) is 0 Å². The van der Waals surface area contributed by atoms with E-state index in [1.54, 1.807) is 18.4 Å². The maximum absolute atomic E-state index is 6.04. The highest BCUT2D eigenvalue weighted by atomic mass is 79.9. The van der Waals surface area contributed by atoms with Gasteiger partial charge in [-0.05, 0) is 56.1 Å². The average Bonchev–Trinajstić information content (AvgIpc) is 2.77. The summed E-state index contributed by atoms with van der Waals surface area (Å²) in [6.07, 6.45) is 0. The number of anilines is 1. The van der Waals surface area contributed by atoms with E-state index >= 15 is 0 Å². The van der Waals surface area contributed by atoms with Gasteiger partial charge in [-0.1, -0.05) is 0 Å². The van der Waals surface area contributed by atoms with Gasteiger partial charge >= 0.3 is 0 Å². The number of thiophene rings is 1. The van der Waals surface area contributed by atoms with Crippen molar-refractivity contribution < 1.29 is 4.74 Å². The van der Waals surface area contributed by atoms with Crippen molar-refractivity contribution in [2.45, 2.75) is 0 Å². The summed E-state index contributed by atoms with van der Waals surface area (Å²) in [4.78, 5) is 8.95. The summed E-state index contributed by atoms with van der Waals surface area (Å²) < 4.78 is 7.17. The third-order valence-corrected chi connectivity index (χ3v) is 5.17. The average molecular weight is 415 g/mol. The second kappa shape index (κ2) is 5.31.